The van der Waals surface area contributed by atoms with Gasteiger partial charge in [-0.05, 0) is 79.3 Å². The summed E-state index contributed by atoms with van der Waals surface area (Å²) in [5.74, 6) is -1.02. The van der Waals surface area contributed by atoms with Gasteiger partial charge < -0.3 is 19.4 Å². The Kier molecular flexibility index (Phi) is 10.4. The number of imide groups is 2. The van der Waals surface area contributed by atoms with Gasteiger partial charge in [-0.3, -0.25) is 43.9 Å². The Labute approximate surface area is 365 Å². The summed E-state index contributed by atoms with van der Waals surface area (Å²) in [5, 5.41) is 2.58. The van der Waals surface area contributed by atoms with Gasteiger partial charge in [0.2, 0.25) is 17.5 Å². The highest BCUT2D eigenvalue weighted by molar-refractivity contribution is 6.33. The maximum absolute atomic E-state index is 13.9. The fourth-order valence-corrected chi connectivity index (χ4v) is 11.6. The van der Waals surface area contributed by atoms with Gasteiger partial charge in [0.15, 0.2) is 0 Å². The standard InChI is InChI=1S/C47H50ClN7O7/c1-46(2)44(47(3,4)45(46)62-31-8-11-36(49-5)35(48)24-31)54-26-29-22-28(6-9-32(29)41(54)59)40(58)53-20-18-51(19-21-53)25-27-14-16-52(17-15-27)30-7-10-33-34(23-30)43(61)55(42(33)60)37-12-13-38(56)50-39(37)57/h6-11,22-24,27,37,44-45H,12-21,25-26H2,1-4H3,(H,50,56,57). The fraction of sp³-hybridized carbons (Fsp3) is 0.468. The number of hydrogen-bond donors (Lipinski definition) is 1. The topological polar surface area (TPSA) is 144 Å². The molecule has 6 amide bonds. The number of nitrogens with one attached hydrogen (secondary N) is 1. The lowest BCUT2D eigenvalue weighted by Crippen LogP contribution is -2.74. The normalized spacial score (nSPS) is 24.7. The minimum Gasteiger partial charge on any atom is -0.489 e. The largest absolute Gasteiger partial charge is 0.489 e. The number of hydrogen-bond acceptors (Lipinski definition) is 9. The number of fused-ring (bicyclic) bond motifs is 2. The minimum atomic E-state index is -0.989. The summed E-state index contributed by atoms with van der Waals surface area (Å²) < 4.78 is 6.48. The monoisotopic (exact) mass is 859 g/mol. The predicted molar refractivity (Wildman–Crippen MR) is 230 cm³/mol. The van der Waals surface area contributed by atoms with E-state index in [1.54, 1.807) is 42.5 Å². The van der Waals surface area contributed by atoms with Crippen LogP contribution in [0.1, 0.15) is 100 Å². The van der Waals surface area contributed by atoms with Crippen LogP contribution in [0.25, 0.3) is 4.85 Å². The highest BCUT2D eigenvalue weighted by Gasteiger charge is 2.67. The van der Waals surface area contributed by atoms with Crippen molar-refractivity contribution in [2.75, 3.05) is 50.7 Å². The molecule has 15 heteroatoms. The second-order valence-corrected chi connectivity index (χ2v) is 19.2. The van der Waals surface area contributed by atoms with E-state index in [9.17, 15) is 28.8 Å². The van der Waals surface area contributed by atoms with Gasteiger partial charge in [0.05, 0.1) is 22.7 Å². The van der Waals surface area contributed by atoms with E-state index < -0.39 is 29.7 Å². The third kappa shape index (κ3) is 6.99. The van der Waals surface area contributed by atoms with E-state index in [-0.39, 0.29) is 58.8 Å². The van der Waals surface area contributed by atoms with E-state index in [0.717, 1.165) is 61.7 Å². The zero-order valence-corrected chi connectivity index (χ0v) is 36.2. The molecule has 4 fully saturated rings. The van der Waals surface area contributed by atoms with Crippen molar-refractivity contribution in [2.45, 2.75) is 78.1 Å². The first-order valence-corrected chi connectivity index (χ1v) is 21.8. The van der Waals surface area contributed by atoms with Gasteiger partial charge in [-0.15, -0.1) is 0 Å². The van der Waals surface area contributed by atoms with Crippen molar-refractivity contribution in [1.29, 1.82) is 0 Å². The van der Waals surface area contributed by atoms with Crippen LogP contribution in [0.5, 0.6) is 5.75 Å². The second kappa shape index (κ2) is 15.5. The van der Waals surface area contributed by atoms with Gasteiger partial charge in [-0.25, -0.2) is 4.85 Å². The zero-order chi connectivity index (χ0) is 43.8. The van der Waals surface area contributed by atoms with E-state index in [1.165, 1.54) is 0 Å². The molecule has 6 aliphatic rings. The molecule has 1 atom stereocenters. The number of rotatable bonds is 8. The number of carbonyl (C=O) groups excluding carboxylic acids is 6. The number of anilines is 1. The number of halogens is 1. The molecule has 1 aliphatic carbocycles. The number of nitrogens with zero attached hydrogens (tertiary/aromatic N) is 6. The van der Waals surface area contributed by atoms with Gasteiger partial charge in [-0.2, -0.15) is 0 Å². The summed E-state index contributed by atoms with van der Waals surface area (Å²) in [6.07, 6.45) is 1.92. The van der Waals surface area contributed by atoms with Crippen LogP contribution in [-0.4, -0.2) is 119 Å². The van der Waals surface area contributed by atoms with Crippen LogP contribution in [-0.2, 0) is 16.1 Å². The molecule has 5 aliphatic heterocycles. The van der Waals surface area contributed by atoms with Gasteiger partial charge in [0, 0.05) is 92.5 Å². The van der Waals surface area contributed by atoms with Crippen molar-refractivity contribution in [3.63, 3.8) is 0 Å². The third-order valence-corrected chi connectivity index (χ3v) is 14.4. The zero-order valence-electron chi connectivity index (χ0n) is 35.4. The summed E-state index contributed by atoms with van der Waals surface area (Å²) in [6, 6.07) is 14.8. The SMILES string of the molecule is [C-]#[N+]c1ccc(OC2C(C)(C)C(N3Cc4cc(C(=O)N5CCN(CC6CCN(c7ccc8c(c7)C(=O)N(C7CCC(=O)NC7=O)C8=O)CC6)CC5)ccc4C3=O)C2(C)C)cc1Cl. The number of ether oxygens (including phenoxy) is 1. The molecule has 5 heterocycles. The lowest BCUT2D eigenvalue weighted by Gasteiger charge is -2.65. The Morgan fingerprint density at radius 2 is 1.52 bits per heavy atom. The molecular formula is C47H50ClN7O7. The van der Waals surface area contributed by atoms with Crippen molar-refractivity contribution < 1.29 is 33.5 Å². The highest BCUT2D eigenvalue weighted by Crippen LogP contribution is 2.59. The maximum atomic E-state index is 13.9. The Bertz CT molecular complexity index is 2450. The average molecular weight is 860 g/mol. The lowest BCUT2D eigenvalue weighted by molar-refractivity contribution is -0.199. The smallest absolute Gasteiger partial charge is 0.262 e. The summed E-state index contributed by atoms with van der Waals surface area (Å²) in [6.45, 7) is 21.5. The first-order chi connectivity index (χ1) is 29.6. The molecule has 1 unspecified atom stereocenters. The van der Waals surface area contributed by atoms with Crippen molar-refractivity contribution in [1.82, 2.24) is 24.9 Å². The van der Waals surface area contributed by atoms with Gasteiger partial charge in [-0.1, -0.05) is 45.4 Å². The molecule has 1 N–H and O–H groups in total. The van der Waals surface area contributed by atoms with Gasteiger partial charge in [0.25, 0.3) is 23.6 Å². The molecular weight excluding hydrogens is 810 g/mol. The third-order valence-electron chi connectivity index (χ3n) is 14.1. The Balaban J connectivity index is 0.760. The first-order valence-electron chi connectivity index (χ1n) is 21.5. The Hall–Kier alpha value is -5.78. The molecule has 62 heavy (non-hydrogen) atoms. The Morgan fingerprint density at radius 3 is 2.19 bits per heavy atom. The van der Waals surface area contributed by atoms with Crippen molar-refractivity contribution in [3.8, 4) is 5.75 Å². The summed E-state index contributed by atoms with van der Waals surface area (Å²) in [5.41, 5.74) is 3.11. The predicted octanol–water partition coefficient (Wildman–Crippen LogP) is 5.80. The maximum Gasteiger partial charge on any atom is 0.262 e. The van der Waals surface area contributed by atoms with Gasteiger partial charge >= 0.3 is 0 Å². The van der Waals surface area contributed by atoms with Crippen molar-refractivity contribution in [3.05, 3.63) is 98.9 Å². The molecule has 1 saturated carbocycles. The minimum absolute atomic E-state index is 0.0259. The number of carbonyl (C=O) groups is 6. The van der Waals surface area contributed by atoms with E-state index >= 15 is 0 Å². The van der Waals surface area contributed by atoms with Crippen LogP contribution in [0.15, 0.2) is 54.6 Å². The average Bonchev–Trinajstić information content (AvgIpc) is 3.69. The van der Waals surface area contributed by atoms with E-state index in [2.05, 4.69) is 47.7 Å². The van der Waals surface area contributed by atoms with Crippen molar-refractivity contribution >= 4 is 58.4 Å². The summed E-state index contributed by atoms with van der Waals surface area (Å²) in [4.78, 5) is 91.3. The molecule has 3 saturated heterocycles. The molecule has 3 aromatic rings. The van der Waals surface area contributed by atoms with Crippen molar-refractivity contribution in [2.24, 2.45) is 16.7 Å². The molecule has 0 aromatic heterocycles. The lowest BCUT2D eigenvalue weighted by atomic mass is 9.49. The first kappa shape index (κ1) is 41.6. The van der Waals surface area contributed by atoms with Gasteiger partial charge in [0.1, 0.15) is 17.9 Å². The summed E-state index contributed by atoms with van der Waals surface area (Å²) >= 11 is 6.30. The Morgan fingerprint density at radius 1 is 0.823 bits per heavy atom. The molecule has 0 bridgehead atoms. The summed E-state index contributed by atoms with van der Waals surface area (Å²) in [7, 11) is 0. The number of amides is 6. The molecule has 14 nitrogen and oxygen atoms in total. The van der Waals surface area contributed by atoms with Crippen LogP contribution >= 0.6 is 11.6 Å². The van der Waals surface area contributed by atoms with Crippen LogP contribution in [0.2, 0.25) is 5.02 Å². The fourth-order valence-electron chi connectivity index (χ4n) is 11.4. The molecule has 0 spiro atoms. The number of piperazine rings is 1. The molecule has 3 aromatic carbocycles. The molecule has 0 radical (unpaired) electrons. The quantitative estimate of drug-likeness (QED) is 0.220. The van der Waals surface area contributed by atoms with Crippen LogP contribution in [0.3, 0.4) is 0 Å². The van der Waals surface area contributed by atoms with Crippen LogP contribution in [0.4, 0.5) is 11.4 Å². The molecule has 9 rings (SSSR count). The van der Waals surface area contributed by atoms with E-state index in [1.807, 2.05) is 21.9 Å². The number of piperidine rings is 2. The highest BCUT2D eigenvalue weighted by atomic mass is 35.5. The van der Waals surface area contributed by atoms with E-state index in [0.29, 0.717) is 53.1 Å². The van der Waals surface area contributed by atoms with Crippen LogP contribution < -0.4 is 15.0 Å². The second-order valence-electron chi connectivity index (χ2n) is 18.8. The molecule has 322 valence electrons. The van der Waals surface area contributed by atoms with Crippen LogP contribution in [0, 0.1) is 23.3 Å². The van der Waals surface area contributed by atoms with E-state index in [4.69, 9.17) is 22.9 Å². The number of benzene rings is 3.